The quantitative estimate of drug-likeness (QED) is 0.647. The van der Waals surface area contributed by atoms with Gasteiger partial charge in [-0.3, -0.25) is 4.79 Å². The van der Waals surface area contributed by atoms with Gasteiger partial charge >= 0.3 is 6.09 Å². The van der Waals surface area contributed by atoms with E-state index < -0.39 is 11.7 Å². The largest absolute Gasteiger partial charge is 0.443 e. The Kier molecular flexibility index (Phi) is 6.48. The predicted octanol–water partition coefficient (Wildman–Crippen LogP) is 5.02. The van der Waals surface area contributed by atoms with Gasteiger partial charge in [0.1, 0.15) is 11.4 Å². The Morgan fingerprint density at radius 3 is 2.42 bits per heavy atom. The van der Waals surface area contributed by atoms with Crippen molar-refractivity contribution in [2.45, 2.75) is 45.3 Å². The van der Waals surface area contributed by atoms with Crippen LogP contribution in [0.25, 0.3) is 11.1 Å². The van der Waals surface area contributed by atoms with Crippen molar-refractivity contribution in [2.75, 3.05) is 14.1 Å². The summed E-state index contributed by atoms with van der Waals surface area (Å²) in [5.74, 6) is -0.594. The smallest absolute Gasteiger partial charge is 0.417 e. The first-order valence-corrected chi connectivity index (χ1v) is 10.3. The molecule has 0 spiro atoms. The lowest BCUT2D eigenvalue weighted by atomic mass is 9.99. The lowest BCUT2D eigenvalue weighted by Crippen LogP contribution is -2.43. The lowest BCUT2D eigenvalue weighted by molar-refractivity contribution is -0.125. The molecule has 1 unspecified atom stereocenters. The minimum absolute atomic E-state index is 0.278. The Morgan fingerprint density at radius 2 is 1.84 bits per heavy atom. The molecule has 6 heteroatoms. The van der Waals surface area contributed by atoms with E-state index >= 15 is 0 Å². The van der Waals surface area contributed by atoms with E-state index in [1.807, 2.05) is 44.4 Å². The number of nitrogens with zero attached hydrogens (tertiary/aromatic N) is 2. The second kappa shape index (κ2) is 8.92. The van der Waals surface area contributed by atoms with Crippen LogP contribution >= 0.6 is 0 Å². The predicted molar refractivity (Wildman–Crippen MR) is 119 cm³/mol. The number of amides is 2. The van der Waals surface area contributed by atoms with Crippen LogP contribution in [0.15, 0.2) is 60.3 Å². The Labute approximate surface area is 183 Å². The molecule has 5 nitrogen and oxygen atoms in total. The minimum Gasteiger partial charge on any atom is -0.443 e. The number of carbonyl (C=O) groups excluding carboxylic acids is 2. The van der Waals surface area contributed by atoms with E-state index in [0.29, 0.717) is 18.4 Å². The van der Waals surface area contributed by atoms with Crippen LogP contribution in [0.3, 0.4) is 0 Å². The van der Waals surface area contributed by atoms with Gasteiger partial charge in [0.15, 0.2) is 0 Å². The van der Waals surface area contributed by atoms with E-state index in [1.165, 1.54) is 17.0 Å². The second-order valence-corrected chi connectivity index (χ2v) is 9.04. The highest BCUT2D eigenvalue weighted by molar-refractivity contribution is 6.05. The van der Waals surface area contributed by atoms with Gasteiger partial charge in [0.05, 0.1) is 6.04 Å². The average Bonchev–Trinajstić information content (AvgIpc) is 2.95. The van der Waals surface area contributed by atoms with Crippen molar-refractivity contribution >= 4 is 12.0 Å². The van der Waals surface area contributed by atoms with Crippen LogP contribution in [0.5, 0.6) is 0 Å². The van der Waals surface area contributed by atoms with Gasteiger partial charge < -0.3 is 9.64 Å². The molecule has 0 N–H and O–H groups in total. The monoisotopic (exact) mass is 424 g/mol. The standard InChI is InChI=1S/C25H29FN2O3/c1-25(2,3)31-24(30)28-22(15-20(23(28)29)16-27(4)5)13-17-9-11-18(12-10-17)19-7-6-8-21(26)14-19/h6-12,14,16,22H,13,15H2,1-5H3. The molecule has 1 atom stereocenters. The maximum Gasteiger partial charge on any atom is 0.417 e. The fraction of sp³-hybridized carbons (Fsp3) is 0.360. The molecule has 1 saturated heterocycles. The number of benzene rings is 2. The van der Waals surface area contributed by atoms with Gasteiger partial charge in [-0.1, -0.05) is 36.4 Å². The Bertz CT molecular complexity index is 991. The van der Waals surface area contributed by atoms with Crippen molar-refractivity contribution in [3.05, 3.63) is 71.7 Å². The minimum atomic E-state index is -0.692. The van der Waals surface area contributed by atoms with Crippen molar-refractivity contribution in [1.82, 2.24) is 9.80 Å². The molecule has 0 aliphatic carbocycles. The molecule has 2 aromatic rings. The van der Waals surface area contributed by atoms with Gasteiger partial charge in [-0.25, -0.2) is 14.1 Å². The molecule has 0 bridgehead atoms. The van der Waals surface area contributed by atoms with Gasteiger partial charge in [0, 0.05) is 32.3 Å². The first-order chi connectivity index (χ1) is 14.5. The molecule has 1 fully saturated rings. The molecule has 0 aromatic heterocycles. The molecule has 0 saturated carbocycles. The van der Waals surface area contributed by atoms with Crippen LogP contribution in [0.4, 0.5) is 9.18 Å². The zero-order chi connectivity index (χ0) is 22.8. The van der Waals surface area contributed by atoms with Crippen molar-refractivity contribution in [1.29, 1.82) is 0 Å². The molecule has 1 aliphatic rings. The third-order valence-electron chi connectivity index (χ3n) is 4.90. The van der Waals surface area contributed by atoms with Crippen molar-refractivity contribution < 1.29 is 18.7 Å². The highest BCUT2D eigenvalue weighted by atomic mass is 19.1. The van der Waals surface area contributed by atoms with E-state index in [0.717, 1.165) is 16.7 Å². The summed E-state index contributed by atoms with van der Waals surface area (Å²) in [6.07, 6.45) is 2.11. The van der Waals surface area contributed by atoms with Gasteiger partial charge in [0.25, 0.3) is 5.91 Å². The third-order valence-corrected chi connectivity index (χ3v) is 4.90. The Hall–Kier alpha value is -3.15. The van der Waals surface area contributed by atoms with Crippen molar-refractivity contribution in [3.8, 4) is 11.1 Å². The summed E-state index contributed by atoms with van der Waals surface area (Å²) in [5.41, 5.74) is 2.58. The maximum atomic E-state index is 13.5. The molecule has 2 amide bonds. The number of carbonyl (C=O) groups is 2. The van der Waals surface area contributed by atoms with E-state index in [9.17, 15) is 14.0 Å². The number of halogens is 1. The summed E-state index contributed by atoms with van der Waals surface area (Å²) >= 11 is 0. The molecule has 3 rings (SSSR count). The summed E-state index contributed by atoms with van der Waals surface area (Å²) in [7, 11) is 3.69. The summed E-state index contributed by atoms with van der Waals surface area (Å²) in [6.45, 7) is 5.34. The number of likely N-dealkylation sites (tertiary alicyclic amines) is 1. The summed E-state index contributed by atoms with van der Waals surface area (Å²) in [5, 5.41) is 0. The highest BCUT2D eigenvalue weighted by Gasteiger charge is 2.41. The summed E-state index contributed by atoms with van der Waals surface area (Å²) in [6, 6.07) is 13.9. The van der Waals surface area contributed by atoms with Crippen molar-refractivity contribution in [3.63, 3.8) is 0 Å². The van der Waals surface area contributed by atoms with Crippen LogP contribution < -0.4 is 0 Å². The van der Waals surface area contributed by atoms with E-state index in [-0.39, 0.29) is 17.8 Å². The fourth-order valence-corrected chi connectivity index (χ4v) is 3.65. The second-order valence-electron chi connectivity index (χ2n) is 9.04. The first kappa shape index (κ1) is 22.5. The zero-order valence-electron chi connectivity index (χ0n) is 18.7. The maximum absolute atomic E-state index is 13.5. The zero-order valence-corrected chi connectivity index (χ0v) is 18.7. The molecule has 1 heterocycles. The van der Waals surface area contributed by atoms with Crippen LogP contribution in [-0.2, 0) is 16.0 Å². The van der Waals surface area contributed by atoms with Crippen LogP contribution in [0.2, 0.25) is 0 Å². The molecule has 2 aromatic carbocycles. The first-order valence-electron chi connectivity index (χ1n) is 10.3. The molecule has 31 heavy (non-hydrogen) atoms. The van der Waals surface area contributed by atoms with Crippen LogP contribution in [-0.4, -0.2) is 47.5 Å². The molecular formula is C25H29FN2O3. The normalized spacial score (nSPS) is 17.9. The molecule has 164 valence electrons. The van der Waals surface area contributed by atoms with Crippen LogP contribution in [0, 0.1) is 5.82 Å². The van der Waals surface area contributed by atoms with E-state index in [4.69, 9.17) is 4.74 Å². The van der Waals surface area contributed by atoms with E-state index in [1.54, 1.807) is 37.9 Å². The summed E-state index contributed by atoms with van der Waals surface area (Å²) in [4.78, 5) is 28.8. The Balaban J connectivity index is 1.83. The van der Waals surface area contributed by atoms with Crippen molar-refractivity contribution in [2.24, 2.45) is 0 Å². The molecule has 0 radical (unpaired) electrons. The molecular weight excluding hydrogens is 395 g/mol. The average molecular weight is 425 g/mol. The number of imide groups is 1. The van der Waals surface area contributed by atoms with Gasteiger partial charge in [-0.2, -0.15) is 0 Å². The highest BCUT2D eigenvalue weighted by Crippen LogP contribution is 2.30. The van der Waals surface area contributed by atoms with Gasteiger partial charge in [-0.15, -0.1) is 0 Å². The number of hydrogen-bond donors (Lipinski definition) is 0. The molecule has 1 aliphatic heterocycles. The van der Waals surface area contributed by atoms with E-state index in [2.05, 4.69) is 0 Å². The van der Waals surface area contributed by atoms with Gasteiger partial charge in [-0.05, 0) is 56.0 Å². The topological polar surface area (TPSA) is 49.9 Å². The van der Waals surface area contributed by atoms with Gasteiger partial charge in [0.2, 0.25) is 0 Å². The Morgan fingerprint density at radius 1 is 1.16 bits per heavy atom. The number of hydrogen-bond acceptors (Lipinski definition) is 4. The number of rotatable bonds is 4. The third kappa shape index (κ3) is 5.72. The summed E-state index contributed by atoms with van der Waals surface area (Å²) < 4.78 is 19.0. The fourth-order valence-electron chi connectivity index (χ4n) is 3.65. The lowest BCUT2D eigenvalue weighted by Gasteiger charge is -2.27. The SMILES string of the molecule is CN(C)C=C1CC(Cc2ccc(-c3cccc(F)c3)cc2)N(C(=O)OC(C)(C)C)C1=O. The van der Waals surface area contributed by atoms with Crippen LogP contribution in [0.1, 0.15) is 32.8 Å². The number of ether oxygens (including phenoxy) is 1.